The average molecular weight is 288 g/mol. The molecule has 0 saturated heterocycles. The highest BCUT2D eigenvalue weighted by atomic mass is 19.1. The largest absolute Gasteiger partial charge is 0.370 e. The van der Waals surface area contributed by atoms with Crippen molar-refractivity contribution < 1.29 is 4.39 Å². The molecule has 0 aliphatic heterocycles. The highest BCUT2D eigenvalue weighted by Gasteiger charge is 2.08. The predicted octanol–water partition coefficient (Wildman–Crippen LogP) is 4.22. The lowest BCUT2D eigenvalue weighted by atomic mass is 10.2. The number of rotatable bonds is 5. The molecular formula is C16H21FN4. The Morgan fingerprint density at radius 3 is 2.48 bits per heavy atom. The van der Waals surface area contributed by atoms with Gasteiger partial charge in [0.05, 0.1) is 0 Å². The molecule has 2 N–H and O–H groups in total. The van der Waals surface area contributed by atoms with Crippen LogP contribution in [0, 0.1) is 12.7 Å². The molecule has 0 amide bonds. The number of benzene rings is 1. The van der Waals surface area contributed by atoms with Gasteiger partial charge in [-0.25, -0.2) is 14.4 Å². The van der Waals surface area contributed by atoms with Crippen LogP contribution < -0.4 is 10.6 Å². The molecule has 0 spiro atoms. The lowest BCUT2D eigenvalue weighted by Gasteiger charge is -2.12. The van der Waals surface area contributed by atoms with Crippen molar-refractivity contribution in [3.05, 3.63) is 41.5 Å². The fraction of sp³-hybridized carbons (Fsp3) is 0.375. The Morgan fingerprint density at radius 2 is 1.86 bits per heavy atom. The first kappa shape index (κ1) is 15.2. The van der Waals surface area contributed by atoms with E-state index in [1.165, 1.54) is 6.07 Å². The fourth-order valence-corrected chi connectivity index (χ4v) is 1.93. The van der Waals surface area contributed by atoms with Gasteiger partial charge in [0, 0.05) is 24.2 Å². The Bertz CT molecular complexity index is 626. The molecule has 0 aliphatic rings. The zero-order valence-electron chi connectivity index (χ0n) is 12.9. The van der Waals surface area contributed by atoms with Crippen molar-refractivity contribution in [2.45, 2.75) is 33.6 Å². The van der Waals surface area contributed by atoms with Crippen molar-refractivity contribution in [1.29, 1.82) is 0 Å². The van der Waals surface area contributed by atoms with E-state index in [0.29, 0.717) is 11.4 Å². The van der Waals surface area contributed by atoms with Gasteiger partial charge in [0.1, 0.15) is 23.3 Å². The van der Waals surface area contributed by atoms with Crippen LogP contribution in [0.3, 0.4) is 0 Å². The molecule has 1 heterocycles. The Labute approximate surface area is 124 Å². The van der Waals surface area contributed by atoms with E-state index in [2.05, 4.69) is 34.4 Å². The van der Waals surface area contributed by atoms with Gasteiger partial charge in [0.25, 0.3) is 0 Å². The molecule has 1 aromatic carbocycles. The van der Waals surface area contributed by atoms with E-state index in [4.69, 9.17) is 0 Å². The molecule has 2 rings (SSSR count). The van der Waals surface area contributed by atoms with Crippen LogP contribution in [-0.2, 0) is 0 Å². The number of nitrogens with zero attached hydrogens (tertiary/aromatic N) is 2. The summed E-state index contributed by atoms with van der Waals surface area (Å²) in [6.07, 6.45) is 0. The smallest absolute Gasteiger partial charge is 0.136 e. The number of aromatic nitrogens is 2. The summed E-state index contributed by atoms with van der Waals surface area (Å²) in [6.45, 7) is 8.66. The van der Waals surface area contributed by atoms with Crippen LogP contribution in [0.5, 0.6) is 0 Å². The molecule has 0 bridgehead atoms. The SMILES string of the molecule is CCNc1cc(Nc2ccc(F)c(C)c2)nc(C(C)C)n1. The molecule has 5 heteroatoms. The topological polar surface area (TPSA) is 49.8 Å². The second kappa shape index (κ2) is 6.52. The molecule has 21 heavy (non-hydrogen) atoms. The second-order valence-corrected chi connectivity index (χ2v) is 5.27. The van der Waals surface area contributed by atoms with E-state index < -0.39 is 0 Å². The van der Waals surface area contributed by atoms with Gasteiger partial charge in [-0.05, 0) is 37.6 Å². The summed E-state index contributed by atoms with van der Waals surface area (Å²) in [4.78, 5) is 8.98. The average Bonchev–Trinajstić information content (AvgIpc) is 2.43. The third-order valence-electron chi connectivity index (χ3n) is 3.05. The van der Waals surface area contributed by atoms with Crippen LogP contribution in [0.2, 0.25) is 0 Å². The highest BCUT2D eigenvalue weighted by Crippen LogP contribution is 2.22. The maximum Gasteiger partial charge on any atom is 0.136 e. The lowest BCUT2D eigenvalue weighted by Crippen LogP contribution is -2.07. The Morgan fingerprint density at radius 1 is 1.14 bits per heavy atom. The Balaban J connectivity index is 2.31. The van der Waals surface area contributed by atoms with Crippen molar-refractivity contribution in [3.63, 3.8) is 0 Å². The minimum Gasteiger partial charge on any atom is -0.370 e. The third-order valence-corrected chi connectivity index (χ3v) is 3.05. The van der Waals surface area contributed by atoms with Crippen LogP contribution in [-0.4, -0.2) is 16.5 Å². The quantitative estimate of drug-likeness (QED) is 0.864. The summed E-state index contributed by atoms with van der Waals surface area (Å²) in [5.74, 6) is 2.29. The van der Waals surface area contributed by atoms with Crippen molar-refractivity contribution in [2.24, 2.45) is 0 Å². The summed E-state index contributed by atoms with van der Waals surface area (Å²) >= 11 is 0. The van der Waals surface area contributed by atoms with Crippen molar-refractivity contribution >= 4 is 17.3 Å². The van der Waals surface area contributed by atoms with Gasteiger partial charge in [-0.2, -0.15) is 0 Å². The minimum atomic E-state index is -0.209. The molecule has 2 aromatic rings. The number of hydrogen-bond donors (Lipinski definition) is 2. The molecule has 4 nitrogen and oxygen atoms in total. The maximum atomic E-state index is 13.3. The van der Waals surface area contributed by atoms with Gasteiger partial charge in [0.15, 0.2) is 0 Å². The van der Waals surface area contributed by atoms with Gasteiger partial charge in [-0.3, -0.25) is 0 Å². The number of aryl methyl sites for hydroxylation is 1. The summed E-state index contributed by atoms with van der Waals surface area (Å²) in [5, 5.41) is 6.41. The zero-order valence-corrected chi connectivity index (χ0v) is 12.9. The van der Waals surface area contributed by atoms with Gasteiger partial charge in [-0.1, -0.05) is 13.8 Å². The first-order valence-corrected chi connectivity index (χ1v) is 7.15. The first-order valence-electron chi connectivity index (χ1n) is 7.15. The van der Waals surface area contributed by atoms with Gasteiger partial charge >= 0.3 is 0 Å². The molecular weight excluding hydrogens is 267 g/mol. The minimum absolute atomic E-state index is 0.209. The van der Waals surface area contributed by atoms with Crippen molar-refractivity contribution in [2.75, 3.05) is 17.2 Å². The summed E-state index contributed by atoms with van der Waals surface area (Å²) in [5.41, 5.74) is 1.41. The van der Waals surface area contributed by atoms with Gasteiger partial charge in [-0.15, -0.1) is 0 Å². The lowest BCUT2D eigenvalue weighted by molar-refractivity contribution is 0.619. The summed E-state index contributed by atoms with van der Waals surface area (Å²) < 4.78 is 13.3. The van der Waals surface area contributed by atoms with E-state index in [1.54, 1.807) is 19.1 Å². The number of anilines is 3. The fourth-order valence-electron chi connectivity index (χ4n) is 1.93. The molecule has 0 aliphatic carbocycles. The molecule has 0 unspecified atom stereocenters. The standard InChI is InChI=1S/C16H21FN4/c1-5-18-14-9-15(21-16(20-14)10(2)3)19-12-6-7-13(17)11(4)8-12/h6-10H,5H2,1-4H3,(H2,18,19,20,21). The number of hydrogen-bond acceptors (Lipinski definition) is 4. The van der Waals surface area contributed by atoms with E-state index in [9.17, 15) is 4.39 Å². The maximum absolute atomic E-state index is 13.3. The van der Waals surface area contributed by atoms with E-state index in [1.807, 2.05) is 13.0 Å². The first-order chi connectivity index (χ1) is 9.99. The van der Waals surface area contributed by atoms with Crippen LogP contribution in [0.4, 0.5) is 21.7 Å². The highest BCUT2D eigenvalue weighted by molar-refractivity contribution is 5.60. The molecule has 0 atom stereocenters. The van der Waals surface area contributed by atoms with Crippen LogP contribution >= 0.6 is 0 Å². The van der Waals surface area contributed by atoms with E-state index in [0.717, 1.165) is 23.9 Å². The Hall–Kier alpha value is -2.17. The van der Waals surface area contributed by atoms with E-state index >= 15 is 0 Å². The predicted molar refractivity (Wildman–Crippen MR) is 84.7 cm³/mol. The monoisotopic (exact) mass is 288 g/mol. The Kier molecular flexibility index (Phi) is 4.73. The van der Waals surface area contributed by atoms with Crippen LogP contribution in [0.25, 0.3) is 0 Å². The second-order valence-electron chi connectivity index (χ2n) is 5.27. The molecule has 0 saturated carbocycles. The van der Waals surface area contributed by atoms with Crippen molar-refractivity contribution in [1.82, 2.24) is 9.97 Å². The van der Waals surface area contributed by atoms with Crippen LogP contribution in [0.1, 0.15) is 38.1 Å². The molecule has 0 radical (unpaired) electrons. The van der Waals surface area contributed by atoms with Crippen LogP contribution in [0.15, 0.2) is 24.3 Å². The number of halogens is 1. The van der Waals surface area contributed by atoms with Gasteiger partial charge < -0.3 is 10.6 Å². The van der Waals surface area contributed by atoms with Crippen molar-refractivity contribution in [3.8, 4) is 0 Å². The zero-order chi connectivity index (χ0) is 15.4. The van der Waals surface area contributed by atoms with Gasteiger partial charge in [0.2, 0.25) is 0 Å². The molecule has 0 fully saturated rings. The molecule has 112 valence electrons. The molecule has 1 aromatic heterocycles. The summed E-state index contributed by atoms with van der Waals surface area (Å²) in [6, 6.07) is 6.77. The normalized spacial score (nSPS) is 10.8. The summed E-state index contributed by atoms with van der Waals surface area (Å²) in [7, 11) is 0. The number of nitrogens with one attached hydrogen (secondary N) is 2. The third kappa shape index (κ3) is 3.90. The van der Waals surface area contributed by atoms with E-state index in [-0.39, 0.29) is 11.7 Å².